The van der Waals surface area contributed by atoms with Gasteiger partial charge in [-0.1, -0.05) is 6.92 Å². The number of nitrogens with two attached hydrogens (primary N) is 1. The highest BCUT2D eigenvalue weighted by Crippen LogP contribution is 2.20. The number of ether oxygens (including phenoxy) is 1. The highest BCUT2D eigenvalue weighted by atomic mass is 16.5. The van der Waals surface area contributed by atoms with Gasteiger partial charge in [0.25, 0.3) is 0 Å². The van der Waals surface area contributed by atoms with E-state index in [4.69, 9.17) is 10.5 Å². The van der Waals surface area contributed by atoms with Crippen molar-refractivity contribution in [2.75, 3.05) is 26.8 Å². The summed E-state index contributed by atoms with van der Waals surface area (Å²) in [5.74, 6) is 0. The third-order valence-corrected chi connectivity index (χ3v) is 3.05. The normalized spacial score (nSPS) is 16.3. The molecule has 14 heavy (non-hydrogen) atoms. The Bertz CT molecular complexity index is 144. The molecule has 0 aliphatic carbocycles. The van der Waals surface area contributed by atoms with Crippen molar-refractivity contribution in [3.8, 4) is 0 Å². The van der Waals surface area contributed by atoms with Crippen LogP contribution >= 0.6 is 0 Å². The molecule has 0 radical (unpaired) electrons. The summed E-state index contributed by atoms with van der Waals surface area (Å²) in [6.45, 7) is 11.3. The molecule has 0 saturated carbocycles. The van der Waals surface area contributed by atoms with Crippen molar-refractivity contribution in [1.29, 1.82) is 0 Å². The Morgan fingerprint density at radius 2 is 2.00 bits per heavy atom. The Kier molecular flexibility index (Phi) is 6.33. The second kappa shape index (κ2) is 6.38. The van der Waals surface area contributed by atoms with Crippen LogP contribution in [0, 0.1) is 0 Å². The summed E-state index contributed by atoms with van der Waals surface area (Å²) in [6.07, 6.45) is 1.07. The summed E-state index contributed by atoms with van der Waals surface area (Å²) in [5, 5.41) is 0. The molecule has 0 aliphatic heterocycles. The average molecular weight is 202 g/mol. The lowest BCUT2D eigenvalue weighted by molar-refractivity contribution is 0.0426. The van der Waals surface area contributed by atoms with Gasteiger partial charge in [-0.05, 0) is 27.2 Å². The predicted molar refractivity (Wildman–Crippen MR) is 61.5 cm³/mol. The van der Waals surface area contributed by atoms with E-state index in [1.807, 2.05) is 0 Å². The van der Waals surface area contributed by atoms with Crippen LogP contribution in [0.25, 0.3) is 0 Å². The van der Waals surface area contributed by atoms with E-state index in [1.54, 1.807) is 7.11 Å². The lowest BCUT2D eigenvalue weighted by atomic mass is 9.95. The fraction of sp³-hybridized carbons (Fsp3) is 1.00. The average Bonchev–Trinajstić information content (AvgIpc) is 2.17. The lowest BCUT2D eigenvalue weighted by Gasteiger charge is -2.42. The molecular weight excluding hydrogens is 176 g/mol. The Morgan fingerprint density at radius 1 is 1.43 bits per heavy atom. The standard InChI is InChI=1S/C11H26N2O/c1-6-11(4,9-12)13(10(2)3)7-8-14-5/h10H,6-9,12H2,1-5H3. The van der Waals surface area contributed by atoms with Crippen molar-refractivity contribution in [2.45, 2.75) is 45.7 Å². The number of hydrogen-bond donors (Lipinski definition) is 1. The van der Waals surface area contributed by atoms with Crippen molar-refractivity contribution in [1.82, 2.24) is 4.90 Å². The van der Waals surface area contributed by atoms with Crippen molar-refractivity contribution in [2.24, 2.45) is 5.73 Å². The van der Waals surface area contributed by atoms with E-state index >= 15 is 0 Å². The van der Waals surface area contributed by atoms with E-state index in [0.717, 1.165) is 19.6 Å². The van der Waals surface area contributed by atoms with Gasteiger partial charge in [-0.15, -0.1) is 0 Å². The van der Waals surface area contributed by atoms with Crippen LogP contribution in [0.15, 0.2) is 0 Å². The van der Waals surface area contributed by atoms with Gasteiger partial charge in [0, 0.05) is 31.8 Å². The smallest absolute Gasteiger partial charge is 0.0590 e. The van der Waals surface area contributed by atoms with E-state index in [-0.39, 0.29) is 5.54 Å². The maximum atomic E-state index is 5.85. The predicted octanol–water partition coefficient (Wildman–Crippen LogP) is 1.47. The molecular formula is C11H26N2O. The summed E-state index contributed by atoms with van der Waals surface area (Å²) in [6, 6.07) is 0.513. The third kappa shape index (κ3) is 3.56. The van der Waals surface area contributed by atoms with Gasteiger partial charge in [-0.25, -0.2) is 0 Å². The molecule has 0 aromatic carbocycles. The summed E-state index contributed by atoms with van der Waals surface area (Å²) in [5.41, 5.74) is 5.95. The van der Waals surface area contributed by atoms with Crippen LogP contribution in [-0.2, 0) is 4.74 Å². The van der Waals surface area contributed by atoms with E-state index in [2.05, 4.69) is 32.6 Å². The second-order valence-electron chi connectivity index (χ2n) is 4.33. The fourth-order valence-corrected chi connectivity index (χ4v) is 1.81. The summed E-state index contributed by atoms with van der Waals surface area (Å²) < 4.78 is 5.12. The molecule has 0 aromatic heterocycles. The highest BCUT2D eigenvalue weighted by molar-refractivity contribution is 4.87. The minimum Gasteiger partial charge on any atom is -0.383 e. The van der Waals surface area contributed by atoms with Gasteiger partial charge < -0.3 is 10.5 Å². The van der Waals surface area contributed by atoms with Gasteiger partial charge in [-0.3, -0.25) is 4.90 Å². The van der Waals surface area contributed by atoms with Crippen molar-refractivity contribution in [3.63, 3.8) is 0 Å². The van der Waals surface area contributed by atoms with E-state index < -0.39 is 0 Å². The maximum absolute atomic E-state index is 5.85. The number of hydrogen-bond acceptors (Lipinski definition) is 3. The SMILES string of the molecule is CCC(C)(CN)N(CCOC)C(C)C. The number of nitrogens with zero attached hydrogens (tertiary/aromatic N) is 1. The fourth-order valence-electron chi connectivity index (χ4n) is 1.81. The highest BCUT2D eigenvalue weighted by Gasteiger charge is 2.29. The first-order chi connectivity index (χ1) is 6.51. The van der Waals surface area contributed by atoms with Gasteiger partial charge in [0.05, 0.1) is 6.61 Å². The lowest BCUT2D eigenvalue weighted by Crippen LogP contribution is -2.55. The topological polar surface area (TPSA) is 38.5 Å². The van der Waals surface area contributed by atoms with Gasteiger partial charge in [-0.2, -0.15) is 0 Å². The molecule has 3 heteroatoms. The summed E-state index contributed by atoms with van der Waals surface area (Å²) >= 11 is 0. The van der Waals surface area contributed by atoms with Crippen molar-refractivity contribution >= 4 is 0 Å². The Hall–Kier alpha value is -0.120. The van der Waals surface area contributed by atoms with Gasteiger partial charge in [0.2, 0.25) is 0 Å². The van der Waals surface area contributed by atoms with Crippen LogP contribution in [0.4, 0.5) is 0 Å². The van der Waals surface area contributed by atoms with E-state index in [1.165, 1.54) is 0 Å². The van der Waals surface area contributed by atoms with Gasteiger partial charge >= 0.3 is 0 Å². The Morgan fingerprint density at radius 3 is 2.29 bits per heavy atom. The molecule has 0 amide bonds. The molecule has 0 aliphatic rings. The first-order valence-electron chi connectivity index (χ1n) is 5.47. The molecule has 1 atom stereocenters. The van der Waals surface area contributed by atoms with E-state index in [9.17, 15) is 0 Å². The monoisotopic (exact) mass is 202 g/mol. The van der Waals surface area contributed by atoms with Crippen molar-refractivity contribution < 1.29 is 4.74 Å². The molecule has 0 heterocycles. The molecule has 0 spiro atoms. The zero-order valence-electron chi connectivity index (χ0n) is 10.3. The van der Waals surface area contributed by atoms with Crippen LogP contribution in [-0.4, -0.2) is 43.3 Å². The molecule has 86 valence electrons. The molecule has 0 bridgehead atoms. The van der Waals surface area contributed by atoms with Crippen LogP contribution in [0.2, 0.25) is 0 Å². The summed E-state index contributed by atoms with van der Waals surface area (Å²) in [7, 11) is 1.74. The maximum Gasteiger partial charge on any atom is 0.0590 e. The molecule has 1 unspecified atom stereocenters. The zero-order valence-corrected chi connectivity index (χ0v) is 10.3. The zero-order chi connectivity index (χ0) is 11.2. The van der Waals surface area contributed by atoms with Crippen molar-refractivity contribution in [3.05, 3.63) is 0 Å². The Labute approximate surface area is 88.6 Å². The van der Waals surface area contributed by atoms with Crippen LogP contribution in [0.3, 0.4) is 0 Å². The first kappa shape index (κ1) is 13.9. The molecule has 3 nitrogen and oxygen atoms in total. The van der Waals surface area contributed by atoms with Gasteiger partial charge in [0.1, 0.15) is 0 Å². The van der Waals surface area contributed by atoms with Crippen LogP contribution in [0.5, 0.6) is 0 Å². The third-order valence-electron chi connectivity index (χ3n) is 3.05. The van der Waals surface area contributed by atoms with E-state index in [0.29, 0.717) is 12.6 Å². The minimum atomic E-state index is 0.104. The molecule has 0 rings (SSSR count). The van der Waals surface area contributed by atoms with Crippen LogP contribution in [0.1, 0.15) is 34.1 Å². The number of methoxy groups -OCH3 is 1. The molecule has 2 N–H and O–H groups in total. The van der Waals surface area contributed by atoms with Gasteiger partial charge in [0.15, 0.2) is 0 Å². The largest absolute Gasteiger partial charge is 0.383 e. The minimum absolute atomic E-state index is 0.104. The summed E-state index contributed by atoms with van der Waals surface area (Å²) in [4.78, 5) is 2.43. The second-order valence-corrected chi connectivity index (χ2v) is 4.33. The Balaban J connectivity index is 4.44. The number of rotatable bonds is 7. The molecule has 0 saturated heterocycles. The first-order valence-corrected chi connectivity index (χ1v) is 5.47. The molecule has 0 aromatic rings. The van der Waals surface area contributed by atoms with Crippen LogP contribution < -0.4 is 5.73 Å². The molecule has 0 fully saturated rings. The quantitative estimate of drug-likeness (QED) is 0.679.